The van der Waals surface area contributed by atoms with Gasteiger partial charge in [0.2, 0.25) is 0 Å². The van der Waals surface area contributed by atoms with Gasteiger partial charge < -0.3 is 9.47 Å². The van der Waals surface area contributed by atoms with Crippen molar-refractivity contribution in [2.24, 2.45) is 0 Å². The molecule has 2 aliphatic heterocycles. The Kier molecular flexibility index (Phi) is 6.63. The van der Waals surface area contributed by atoms with E-state index in [0.717, 1.165) is 4.24 Å². The maximum Gasteiger partial charge on any atom is 0.346 e. The molecular weight excluding hydrogens is 408 g/mol. The van der Waals surface area contributed by atoms with Crippen LogP contribution in [0.1, 0.15) is 0 Å². The molecule has 8 heteroatoms. The minimum absolute atomic E-state index is 0.264. The zero-order valence-electron chi connectivity index (χ0n) is 13.9. The van der Waals surface area contributed by atoms with Gasteiger partial charge in [-0.3, -0.25) is 0 Å². The van der Waals surface area contributed by atoms with Crippen LogP contribution >= 0.6 is 47.0 Å². The first-order valence-corrected chi connectivity index (χ1v) is 10.7. The number of allylic oxidation sites excluding steroid dienone is 4. The van der Waals surface area contributed by atoms with Crippen LogP contribution in [0.2, 0.25) is 0 Å². The van der Waals surface area contributed by atoms with Crippen molar-refractivity contribution >= 4 is 59.0 Å². The van der Waals surface area contributed by atoms with E-state index in [0.29, 0.717) is 0 Å². The first-order valence-electron chi connectivity index (χ1n) is 7.42. The van der Waals surface area contributed by atoms with E-state index in [9.17, 15) is 9.59 Å². The maximum atomic E-state index is 11.8. The lowest BCUT2D eigenvalue weighted by atomic mass is 10.4. The molecule has 2 aliphatic rings. The van der Waals surface area contributed by atoms with Crippen molar-refractivity contribution < 1.29 is 19.1 Å². The van der Waals surface area contributed by atoms with Crippen LogP contribution in [-0.4, -0.2) is 26.2 Å². The molecule has 0 saturated carbocycles. The third kappa shape index (κ3) is 4.43. The topological polar surface area (TPSA) is 52.6 Å². The summed E-state index contributed by atoms with van der Waals surface area (Å²) in [6.07, 6.45) is 7.75. The fraction of sp³-hybridized carbons (Fsp3) is 0.111. The van der Waals surface area contributed by atoms with Crippen LogP contribution in [0, 0.1) is 0 Å². The summed E-state index contributed by atoms with van der Waals surface area (Å²) in [5.41, 5.74) is 0. The van der Waals surface area contributed by atoms with Crippen molar-refractivity contribution in [3.8, 4) is 0 Å². The van der Waals surface area contributed by atoms with Crippen molar-refractivity contribution in [1.82, 2.24) is 0 Å². The zero-order chi connectivity index (χ0) is 18.5. The summed E-state index contributed by atoms with van der Waals surface area (Å²) < 4.78 is 11.5. The Hall–Kier alpha value is -1.48. The van der Waals surface area contributed by atoms with E-state index in [-0.39, 0.29) is 9.81 Å². The van der Waals surface area contributed by atoms with Gasteiger partial charge >= 0.3 is 11.9 Å². The Balaban J connectivity index is 1.65. The minimum atomic E-state index is -0.533. The van der Waals surface area contributed by atoms with Gasteiger partial charge in [-0.15, -0.1) is 0 Å². The highest BCUT2D eigenvalue weighted by Crippen LogP contribution is 2.51. The highest BCUT2D eigenvalue weighted by Gasteiger charge is 2.31. The van der Waals surface area contributed by atoms with Gasteiger partial charge in [-0.2, -0.15) is 0 Å². The molecule has 0 N–H and O–H groups in total. The van der Waals surface area contributed by atoms with Crippen LogP contribution in [0.3, 0.4) is 0 Å². The van der Waals surface area contributed by atoms with Gasteiger partial charge in [0.1, 0.15) is 9.81 Å². The smallest absolute Gasteiger partial charge is 0.346 e. The molecule has 0 saturated heterocycles. The second-order valence-corrected chi connectivity index (χ2v) is 9.64. The zero-order valence-corrected chi connectivity index (χ0v) is 17.2. The summed E-state index contributed by atoms with van der Waals surface area (Å²) >= 11 is 5.92. The third-order valence-corrected chi connectivity index (χ3v) is 8.11. The summed E-state index contributed by atoms with van der Waals surface area (Å²) in [6.45, 7) is 0. The molecule has 0 spiro atoms. The van der Waals surface area contributed by atoms with Gasteiger partial charge in [0.05, 0.1) is 18.5 Å². The molecule has 1 aromatic rings. The first-order chi connectivity index (χ1) is 12.6. The molecule has 0 amide bonds. The summed E-state index contributed by atoms with van der Waals surface area (Å²) in [4.78, 5) is 26.7. The Morgan fingerprint density at radius 3 is 1.62 bits per heavy atom. The fourth-order valence-corrected chi connectivity index (χ4v) is 6.64. The normalized spacial score (nSPS) is 16.1. The third-order valence-electron chi connectivity index (χ3n) is 3.20. The molecule has 26 heavy (non-hydrogen) atoms. The van der Waals surface area contributed by atoms with E-state index in [4.69, 9.17) is 9.47 Å². The molecule has 3 rings (SSSR count). The quantitative estimate of drug-likeness (QED) is 0.617. The summed E-state index contributed by atoms with van der Waals surface area (Å²) in [5, 5.41) is 0. The number of hydrogen-bond acceptors (Lipinski definition) is 8. The van der Waals surface area contributed by atoms with E-state index in [2.05, 4.69) is 12.1 Å². The number of carbonyl (C=O) groups is 2. The molecule has 0 aromatic heterocycles. The first kappa shape index (κ1) is 19.3. The summed E-state index contributed by atoms with van der Waals surface area (Å²) in [5.74, 6) is -1.07. The van der Waals surface area contributed by atoms with Crippen LogP contribution in [0.25, 0.3) is 0 Å². The van der Waals surface area contributed by atoms with Crippen LogP contribution in [0.4, 0.5) is 0 Å². The van der Waals surface area contributed by atoms with E-state index in [1.54, 1.807) is 23.5 Å². The summed E-state index contributed by atoms with van der Waals surface area (Å²) in [6, 6.07) is 8.29. The molecule has 0 fully saturated rings. The van der Waals surface area contributed by atoms with E-state index in [1.807, 2.05) is 36.4 Å². The number of ether oxygens (including phenoxy) is 2. The number of fused-ring (bicyclic) bond motifs is 1. The highest BCUT2D eigenvalue weighted by molar-refractivity contribution is 8.29. The Morgan fingerprint density at radius 2 is 1.19 bits per heavy atom. The van der Waals surface area contributed by atoms with Crippen LogP contribution in [0.5, 0.6) is 0 Å². The minimum Gasteiger partial charge on any atom is -0.465 e. The Morgan fingerprint density at radius 1 is 0.769 bits per heavy atom. The lowest BCUT2D eigenvalue weighted by molar-refractivity contribution is -0.138. The number of benzene rings is 1. The standard InChI is InChI=1S/C18H14O4S4/c1-21-17(19)15-16(18(20)22-2)26-14(25-15)10-6-5-9-13-23-11-7-3-4-8-12(11)24-13/h3-10H,1-2H3/b6-5+. The molecular formula is C18H14O4S4. The summed E-state index contributed by atoms with van der Waals surface area (Å²) in [7, 11) is 2.58. The van der Waals surface area contributed by atoms with Gasteiger partial charge in [-0.05, 0) is 24.3 Å². The molecule has 2 heterocycles. The number of methoxy groups -OCH3 is 2. The molecule has 0 bridgehead atoms. The molecule has 4 nitrogen and oxygen atoms in total. The fourth-order valence-electron chi connectivity index (χ4n) is 2.03. The van der Waals surface area contributed by atoms with Crippen molar-refractivity contribution in [2.75, 3.05) is 14.2 Å². The lowest BCUT2D eigenvalue weighted by Crippen LogP contribution is -2.08. The number of carbonyl (C=O) groups excluding carboxylic acids is 2. The van der Waals surface area contributed by atoms with Crippen LogP contribution < -0.4 is 0 Å². The average molecular weight is 423 g/mol. The predicted molar refractivity (Wildman–Crippen MR) is 110 cm³/mol. The average Bonchev–Trinajstić information content (AvgIpc) is 3.27. The molecule has 0 radical (unpaired) electrons. The van der Waals surface area contributed by atoms with E-state index in [1.165, 1.54) is 51.8 Å². The second-order valence-electron chi connectivity index (χ2n) is 4.85. The number of rotatable bonds is 4. The van der Waals surface area contributed by atoms with Gasteiger partial charge in [0.25, 0.3) is 0 Å². The van der Waals surface area contributed by atoms with Gasteiger partial charge in [-0.1, -0.05) is 71.3 Å². The van der Waals surface area contributed by atoms with Crippen LogP contribution in [-0.2, 0) is 19.1 Å². The van der Waals surface area contributed by atoms with Crippen molar-refractivity contribution in [2.45, 2.75) is 9.79 Å². The number of esters is 2. The van der Waals surface area contributed by atoms with Gasteiger partial charge in [0, 0.05) is 14.0 Å². The van der Waals surface area contributed by atoms with Crippen LogP contribution in [0.15, 0.2) is 76.6 Å². The van der Waals surface area contributed by atoms with Gasteiger partial charge in [-0.25, -0.2) is 9.59 Å². The molecule has 134 valence electrons. The number of thioether (sulfide) groups is 4. The largest absolute Gasteiger partial charge is 0.465 e. The molecule has 1 aromatic carbocycles. The monoisotopic (exact) mass is 422 g/mol. The molecule has 0 unspecified atom stereocenters. The van der Waals surface area contributed by atoms with Crippen molar-refractivity contribution in [3.05, 3.63) is 66.9 Å². The molecule has 0 atom stereocenters. The van der Waals surface area contributed by atoms with Gasteiger partial charge in [0.15, 0.2) is 0 Å². The lowest BCUT2D eigenvalue weighted by Gasteiger charge is -2.00. The van der Waals surface area contributed by atoms with Crippen molar-refractivity contribution in [1.29, 1.82) is 0 Å². The second kappa shape index (κ2) is 8.94. The SMILES string of the molecule is COC(=O)C1=C(C(=O)OC)SC(=C/C=C/C=C2Sc3ccccc3S2)S1. The van der Waals surface area contributed by atoms with E-state index < -0.39 is 11.9 Å². The Labute approximate surface area is 168 Å². The molecule has 0 aliphatic carbocycles. The highest BCUT2D eigenvalue weighted by atomic mass is 32.2. The van der Waals surface area contributed by atoms with E-state index >= 15 is 0 Å². The Bertz CT molecular complexity index is 811. The number of hydrogen-bond donors (Lipinski definition) is 0. The predicted octanol–water partition coefficient (Wildman–Crippen LogP) is 5.16. The maximum absolute atomic E-state index is 11.8. The van der Waals surface area contributed by atoms with Crippen molar-refractivity contribution in [3.63, 3.8) is 0 Å².